The van der Waals surface area contributed by atoms with Crippen LogP contribution in [-0.2, 0) is 9.59 Å². The summed E-state index contributed by atoms with van der Waals surface area (Å²) in [6.45, 7) is 6.15. The van der Waals surface area contributed by atoms with E-state index < -0.39 is 35.6 Å². The lowest BCUT2D eigenvalue weighted by Gasteiger charge is -2.24. The van der Waals surface area contributed by atoms with E-state index in [-0.39, 0.29) is 22.6 Å². The molecule has 10 heteroatoms. The van der Waals surface area contributed by atoms with Gasteiger partial charge in [-0.1, -0.05) is 19.9 Å². The largest absolute Gasteiger partial charge is 0.573 e. The molecule has 1 saturated heterocycles. The lowest BCUT2D eigenvalue weighted by molar-refractivity contribution is -0.274. The van der Waals surface area contributed by atoms with Gasteiger partial charge in [-0.15, -0.1) is 13.2 Å². The third-order valence-electron chi connectivity index (χ3n) is 5.52. The summed E-state index contributed by atoms with van der Waals surface area (Å²) in [7, 11) is 0. The summed E-state index contributed by atoms with van der Waals surface area (Å²) >= 11 is 0. The first-order chi connectivity index (χ1) is 17.4. The first-order valence-electron chi connectivity index (χ1n) is 11.4. The second-order valence-corrected chi connectivity index (χ2v) is 8.89. The number of aliphatic hydroxyl groups excluding tert-OH is 1. The number of hydrogen-bond donors (Lipinski definition) is 1. The van der Waals surface area contributed by atoms with Gasteiger partial charge < -0.3 is 19.0 Å². The molecule has 1 aliphatic heterocycles. The zero-order valence-corrected chi connectivity index (χ0v) is 20.2. The normalized spacial score (nSPS) is 17.5. The molecular weight excluding hydrogens is 491 g/mol. The van der Waals surface area contributed by atoms with Crippen LogP contribution in [0, 0.1) is 12.8 Å². The molecule has 0 spiro atoms. The van der Waals surface area contributed by atoms with Gasteiger partial charge in [0, 0.05) is 17.3 Å². The second kappa shape index (κ2) is 10.0. The van der Waals surface area contributed by atoms with Gasteiger partial charge in [-0.2, -0.15) is 0 Å². The van der Waals surface area contributed by atoms with E-state index >= 15 is 0 Å². The van der Waals surface area contributed by atoms with Gasteiger partial charge in [0.1, 0.15) is 34.8 Å². The highest BCUT2D eigenvalue weighted by Crippen LogP contribution is 2.43. The zero-order valence-electron chi connectivity index (χ0n) is 20.2. The number of carbonyl (C=O) groups excluding carboxylic acids is 2. The molecule has 0 aliphatic carbocycles. The number of nitrogens with zero attached hydrogens (tertiary/aromatic N) is 1. The molecule has 1 amide bonds. The molecule has 4 rings (SSSR count). The number of benzene rings is 2. The third kappa shape index (κ3) is 5.63. The number of ketones is 1. The molecule has 1 N–H and O–H groups in total. The van der Waals surface area contributed by atoms with Crippen molar-refractivity contribution in [3.8, 4) is 11.5 Å². The van der Waals surface area contributed by atoms with Crippen molar-refractivity contribution in [3.63, 3.8) is 0 Å². The Morgan fingerprint density at radius 2 is 1.76 bits per heavy atom. The minimum absolute atomic E-state index is 0.0422. The number of aliphatic hydroxyl groups is 1. The van der Waals surface area contributed by atoms with Gasteiger partial charge in [-0.05, 0) is 61.4 Å². The Hall–Kier alpha value is -4.21. The highest BCUT2D eigenvalue weighted by atomic mass is 19.4. The summed E-state index contributed by atoms with van der Waals surface area (Å²) in [6.07, 6.45) is -4.95. The number of anilines is 1. The molecule has 0 bridgehead atoms. The topological polar surface area (TPSA) is 89.2 Å². The molecule has 2 aromatic carbocycles. The van der Waals surface area contributed by atoms with Gasteiger partial charge in [0.05, 0.1) is 12.2 Å². The predicted molar refractivity (Wildman–Crippen MR) is 128 cm³/mol. The number of halogens is 3. The first-order valence-corrected chi connectivity index (χ1v) is 11.4. The van der Waals surface area contributed by atoms with Crippen LogP contribution in [0.3, 0.4) is 0 Å². The van der Waals surface area contributed by atoms with E-state index in [2.05, 4.69) is 4.74 Å². The SMILES string of the molecule is Cc1ccc(C2/C(=C(/O)c3ccc(OCC(C)C)cc3)C(=O)C(=O)N2c2cccc(OC(F)(F)F)c2)o1. The van der Waals surface area contributed by atoms with Crippen molar-refractivity contribution in [1.29, 1.82) is 0 Å². The van der Waals surface area contributed by atoms with Crippen LogP contribution in [0.5, 0.6) is 11.5 Å². The van der Waals surface area contributed by atoms with E-state index in [1.807, 2.05) is 13.8 Å². The summed E-state index contributed by atoms with van der Waals surface area (Å²) < 4.78 is 53.7. The van der Waals surface area contributed by atoms with Gasteiger partial charge in [0.2, 0.25) is 0 Å². The molecule has 3 aromatic rings. The third-order valence-corrected chi connectivity index (χ3v) is 5.52. The molecule has 7 nitrogen and oxygen atoms in total. The summed E-state index contributed by atoms with van der Waals surface area (Å²) in [5.74, 6) is -1.60. The average Bonchev–Trinajstić information content (AvgIpc) is 3.37. The molecule has 0 saturated carbocycles. The fraction of sp³-hybridized carbons (Fsp3) is 0.259. The summed E-state index contributed by atoms with van der Waals surface area (Å²) in [4.78, 5) is 27.3. The summed E-state index contributed by atoms with van der Waals surface area (Å²) in [6, 6.07) is 12.9. The Labute approximate surface area is 210 Å². The lowest BCUT2D eigenvalue weighted by atomic mass is 9.99. The van der Waals surface area contributed by atoms with Gasteiger partial charge in [-0.3, -0.25) is 14.5 Å². The molecule has 37 heavy (non-hydrogen) atoms. The van der Waals surface area contributed by atoms with Crippen LogP contribution >= 0.6 is 0 Å². The van der Waals surface area contributed by atoms with E-state index in [9.17, 15) is 27.9 Å². The number of rotatable bonds is 7. The molecule has 1 aromatic heterocycles. The van der Waals surface area contributed by atoms with Crippen molar-refractivity contribution >= 4 is 23.1 Å². The van der Waals surface area contributed by atoms with Crippen molar-refractivity contribution in [3.05, 3.63) is 83.3 Å². The molecule has 1 aliphatic rings. The first kappa shape index (κ1) is 25.9. The number of carbonyl (C=O) groups is 2. The van der Waals surface area contributed by atoms with Crippen LogP contribution in [0.15, 0.2) is 70.7 Å². The van der Waals surface area contributed by atoms with Crippen LogP contribution < -0.4 is 14.4 Å². The van der Waals surface area contributed by atoms with Crippen molar-refractivity contribution < 1.29 is 41.8 Å². The van der Waals surface area contributed by atoms with Crippen molar-refractivity contribution in [1.82, 2.24) is 0 Å². The van der Waals surface area contributed by atoms with Crippen molar-refractivity contribution in [2.75, 3.05) is 11.5 Å². The van der Waals surface area contributed by atoms with E-state index in [0.717, 1.165) is 17.0 Å². The highest BCUT2D eigenvalue weighted by molar-refractivity contribution is 6.51. The van der Waals surface area contributed by atoms with Crippen molar-refractivity contribution in [2.24, 2.45) is 5.92 Å². The number of hydrogen-bond acceptors (Lipinski definition) is 6. The van der Waals surface area contributed by atoms with E-state index in [4.69, 9.17) is 9.15 Å². The van der Waals surface area contributed by atoms with Gasteiger partial charge in [-0.25, -0.2) is 0 Å². The van der Waals surface area contributed by atoms with Gasteiger partial charge >= 0.3 is 6.36 Å². The van der Waals surface area contributed by atoms with Gasteiger partial charge in [0.15, 0.2) is 0 Å². The zero-order chi connectivity index (χ0) is 26.9. The maximum Gasteiger partial charge on any atom is 0.573 e. The maximum absolute atomic E-state index is 13.2. The fourth-order valence-electron chi connectivity index (χ4n) is 3.93. The average molecular weight is 515 g/mol. The van der Waals surface area contributed by atoms with Gasteiger partial charge in [0.25, 0.3) is 11.7 Å². The molecule has 1 unspecified atom stereocenters. The molecule has 194 valence electrons. The number of aryl methyl sites for hydroxylation is 1. The number of furan rings is 1. The van der Waals surface area contributed by atoms with Crippen LogP contribution in [0.25, 0.3) is 5.76 Å². The molecular formula is C27H24F3NO6. The minimum Gasteiger partial charge on any atom is -0.507 e. The Bertz CT molecular complexity index is 1340. The molecule has 0 radical (unpaired) electrons. The van der Waals surface area contributed by atoms with E-state index in [0.29, 0.717) is 24.0 Å². The van der Waals surface area contributed by atoms with Crippen LogP contribution in [0.4, 0.5) is 18.9 Å². The minimum atomic E-state index is -4.95. The second-order valence-electron chi connectivity index (χ2n) is 8.89. The molecule has 2 heterocycles. The predicted octanol–water partition coefficient (Wildman–Crippen LogP) is 6.15. The van der Waals surface area contributed by atoms with E-state index in [1.54, 1.807) is 37.3 Å². The smallest absolute Gasteiger partial charge is 0.507 e. The van der Waals surface area contributed by atoms with E-state index in [1.165, 1.54) is 18.2 Å². The maximum atomic E-state index is 13.2. The van der Waals surface area contributed by atoms with Crippen molar-refractivity contribution in [2.45, 2.75) is 33.2 Å². The number of alkyl halides is 3. The molecule has 1 atom stereocenters. The quantitative estimate of drug-likeness (QED) is 0.231. The molecule has 1 fully saturated rings. The lowest BCUT2D eigenvalue weighted by Crippen LogP contribution is -2.29. The highest BCUT2D eigenvalue weighted by Gasteiger charge is 2.48. The van der Waals surface area contributed by atoms with Crippen LogP contribution in [-0.4, -0.2) is 29.8 Å². The summed E-state index contributed by atoms with van der Waals surface area (Å²) in [5, 5.41) is 11.2. The Balaban J connectivity index is 1.79. The summed E-state index contributed by atoms with van der Waals surface area (Å²) in [5.41, 5.74) is -0.0611. The number of amides is 1. The fourth-order valence-corrected chi connectivity index (χ4v) is 3.93. The monoisotopic (exact) mass is 515 g/mol. The Kier molecular flexibility index (Phi) is 7.02. The Morgan fingerprint density at radius 3 is 2.35 bits per heavy atom. The van der Waals surface area contributed by atoms with Crippen LogP contribution in [0.2, 0.25) is 0 Å². The standard InChI is InChI=1S/C27H24F3NO6/c1-15(2)14-35-19-10-8-17(9-11-19)24(32)22-23(21-12-7-16(3)36-21)31(26(34)25(22)33)18-5-4-6-20(13-18)37-27(28,29)30/h4-13,15,23,32H,14H2,1-3H3/b24-22-. The number of ether oxygens (including phenoxy) is 2. The number of Topliss-reactive ketones (excluding diaryl/α,β-unsaturated/α-hetero) is 1. The van der Waals surface area contributed by atoms with Crippen LogP contribution in [0.1, 0.15) is 37.0 Å². The Morgan fingerprint density at radius 1 is 1.05 bits per heavy atom.